The van der Waals surface area contributed by atoms with E-state index in [1.807, 2.05) is 28.8 Å². The van der Waals surface area contributed by atoms with Gasteiger partial charge in [0.15, 0.2) is 5.16 Å². The fourth-order valence-electron chi connectivity index (χ4n) is 3.73. The number of hydrogen-bond donors (Lipinski definition) is 0. The van der Waals surface area contributed by atoms with Gasteiger partial charge in [-0.05, 0) is 42.7 Å². The van der Waals surface area contributed by atoms with Crippen LogP contribution in [0.25, 0.3) is 10.2 Å². The lowest BCUT2D eigenvalue weighted by molar-refractivity contribution is 0.508. The normalized spacial score (nSPS) is 16.4. The van der Waals surface area contributed by atoms with E-state index in [4.69, 9.17) is 4.98 Å². The summed E-state index contributed by atoms with van der Waals surface area (Å²) in [6, 6.07) is 10.3. The third-order valence-electron chi connectivity index (χ3n) is 5.18. The molecule has 4 rings (SSSR count). The van der Waals surface area contributed by atoms with E-state index in [1.54, 1.807) is 23.1 Å². The van der Waals surface area contributed by atoms with Gasteiger partial charge in [0.2, 0.25) is 0 Å². The summed E-state index contributed by atoms with van der Waals surface area (Å²) >= 11 is 3.32. The molecule has 0 bridgehead atoms. The van der Waals surface area contributed by atoms with Crippen molar-refractivity contribution in [3.05, 3.63) is 69.3 Å². The summed E-state index contributed by atoms with van der Waals surface area (Å²) in [6.45, 7) is 6.77. The molecule has 1 atom stereocenters. The molecule has 2 aromatic heterocycles. The van der Waals surface area contributed by atoms with E-state index >= 15 is 0 Å². The summed E-state index contributed by atoms with van der Waals surface area (Å²) < 4.78 is 1.88. The Morgan fingerprint density at radius 2 is 2.19 bits per heavy atom. The minimum Gasteiger partial charge on any atom is -0.287 e. The van der Waals surface area contributed by atoms with Crippen LogP contribution >= 0.6 is 23.1 Å². The lowest BCUT2D eigenvalue weighted by Crippen LogP contribution is -2.25. The fraction of sp³-hybridized carbons (Fsp3) is 0.364. The predicted molar refractivity (Wildman–Crippen MR) is 116 cm³/mol. The Bertz CT molecular complexity index is 1020. The third kappa shape index (κ3) is 3.76. The molecule has 0 fully saturated rings. The maximum atomic E-state index is 13.4. The molecule has 0 spiro atoms. The monoisotopic (exact) mass is 396 g/mol. The minimum atomic E-state index is 0.134. The highest BCUT2D eigenvalue weighted by Crippen LogP contribution is 2.36. The van der Waals surface area contributed by atoms with Gasteiger partial charge in [-0.3, -0.25) is 9.36 Å². The predicted octanol–water partition coefficient (Wildman–Crippen LogP) is 5.10. The second-order valence-corrected chi connectivity index (χ2v) is 9.29. The van der Waals surface area contributed by atoms with Gasteiger partial charge >= 0.3 is 0 Å². The zero-order valence-electron chi connectivity index (χ0n) is 15.6. The van der Waals surface area contributed by atoms with Crippen LogP contribution < -0.4 is 5.56 Å². The number of fused-ring (bicyclic) bond motifs is 3. The van der Waals surface area contributed by atoms with Crippen molar-refractivity contribution in [1.82, 2.24) is 9.55 Å². The van der Waals surface area contributed by atoms with Gasteiger partial charge in [-0.25, -0.2) is 4.98 Å². The highest BCUT2D eigenvalue weighted by atomic mass is 32.2. The maximum absolute atomic E-state index is 13.4. The van der Waals surface area contributed by atoms with E-state index in [-0.39, 0.29) is 5.56 Å². The lowest BCUT2D eigenvalue weighted by Gasteiger charge is -2.17. The van der Waals surface area contributed by atoms with Gasteiger partial charge in [-0.15, -0.1) is 17.9 Å². The number of aromatic nitrogens is 2. The van der Waals surface area contributed by atoms with E-state index in [0.717, 1.165) is 46.8 Å². The van der Waals surface area contributed by atoms with Crippen LogP contribution in [0.4, 0.5) is 0 Å². The molecule has 1 aliphatic rings. The highest BCUT2D eigenvalue weighted by Gasteiger charge is 2.24. The number of aryl methyl sites for hydroxylation is 2. The van der Waals surface area contributed by atoms with E-state index in [0.29, 0.717) is 12.5 Å². The van der Waals surface area contributed by atoms with Gasteiger partial charge in [0.25, 0.3) is 5.56 Å². The van der Waals surface area contributed by atoms with Gasteiger partial charge in [-0.2, -0.15) is 0 Å². The number of thiophene rings is 1. The van der Waals surface area contributed by atoms with Crippen LogP contribution in [0.5, 0.6) is 0 Å². The standard InChI is InChI=1S/C22H24N2OS2/c1-3-13-26-22-23-20-19(17-10-9-15(2)14-18(17)27-20)21(25)24(22)12-11-16-7-5-4-6-8-16/h3-8,15H,1,9-14H2,2H3/t15-/m1/s1. The molecular weight excluding hydrogens is 372 g/mol. The Balaban J connectivity index is 1.78. The summed E-state index contributed by atoms with van der Waals surface area (Å²) in [5.74, 6) is 1.45. The van der Waals surface area contributed by atoms with E-state index in [1.165, 1.54) is 16.0 Å². The molecule has 3 nitrogen and oxygen atoms in total. The summed E-state index contributed by atoms with van der Waals surface area (Å²) in [6.07, 6.45) is 5.94. The first-order valence-electron chi connectivity index (χ1n) is 9.50. The zero-order valence-corrected chi connectivity index (χ0v) is 17.2. The summed E-state index contributed by atoms with van der Waals surface area (Å²) in [7, 11) is 0. The second-order valence-electron chi connectivity index (χ2n) is 7.22. The smallest absolute Gasteiger partial charge is 0.263 e. The quantitative estimate of drug-likeness (QED) is 0.330. The second kappa shape index (κ2) is 8.03. The molecule has 0 amide bonds. The molecule has 2 heterocycles. The van der Waals surface area contributed by atoms with Crippen LogP contribution in [0, 0.1) is 5.92 Å². The molecule has 0 saturated heterocycles. The van der Waals surface area contributed by atoms with E-state index < -0.39 is 0 Å². The SMILES string of the molecule is C=CCSc1nc2sc3c(c2c(=O)n1CCc1ccccc1)CC[C@@H](C)C3. The first-order chi connectivity index (χ1) is 13.2. The van der Waals surface area contributed by atoms with Crippen molar-refractivity contribution in [2.24, 2.45) is 5.92 Å². The van der Waals surface area contributed by atoms with Gasteiger partial charge in [-0.1, -0.05) is 55.1 Å². The molecule has 1 aromatic carbocycles. The number of thioether (sulfide) groups is 1. The van der Waals surface area contributed by atoms with Crippen LogP contribution in [-0.2, 0) is 25.8 Å². The first kappa shape index (κ1) is 18.5. The largest absolute Gasteiger partial charge is 0.287 e. The van der Waals surface area contributed by atoms with Crippen LogP contribution in [0.15, 0.2) is 52.9 Å². The van der Waals surface area contributed by atoms with Crippen molar-refractivity contribution in [1.29, 1.82) is 0 Å². The van der Waals surface area contributed by atoms with Crippen molar-refractivity contribution in [2.45, 2.75) is 44.3 Å². The van der Waals surface area contributed by atoms with Gasteiger partial charge < -0.3 is 0 Å². The van der Waals surface area contributed by atoms with Crippen LogP contribution in [0.1, 0.15) is 29.3 Å². The number of nitrogens with zero attached hydrogens (tertiary/aromatic N) is 2. The molecule has 0 unspecified atom stereocenters. The summed E-state index contributed by atoms with van der Waals surface area (Å²) in [4.78, 5) is 20.6. The number of hydrogen-bond acceptors (Lipinski definition) is 4. The minimum absolute atomic E-state index is 0.134. The number of rotatable bonds is 6. The Labute approximate surface area is 168 Å². The van der Waals surface area contributed by atoms with Crippen molar-refractivity contribution in [3.8, 4) is 0 Å². The third-order valence-corrected chi connectivity index (χ3v) is 7.30. The molecule has 5 heteroatoms. The maximum Gasteiger partial charge on any atom is 0.263 e. The average Bonchev–Trinajstić information content (AvgIpc) is 3.04. The molecule has 1 aliphatic carbocycles. The van der Waals surface area contributed by atoms with Crippen molar-refractivity contribution < 1.29 is 0 Å². The lowest BCUT2D eigenvalue weighted by atomic mass is 9.89. The Kier molecular flexibility index (Phi) is 5.50. The zero-order chi connectivity index (χ0) is 18.8. The Morgan fingerprint density at radius 1 is 1.37 bits per heavy atom. The van der Waals surface area contributed by atoms with Gasteiger partial charge in [0.05, 0.1) is 5.39 Å². The number of benzene rings is 1. The molecule has 27 heavy (non-hydrogen) atoms. The summed E-state index contributed by atoms with van der Waals surface area (Å²) in [5.41, 5.74) is 2.64. The molecule has 0 radical (unpaired) electrons. The Morgan fingerprint density at radius 3 is 2.96 bits per heavy atom. The molecule has 0 saturated carbocycles. The topological polar surface area (TPSA) is 34.9 Å². The van der Waals surface area contributed by atoms with Crippen molar-refractivity contribution in [2.75, 3.05) is 5.75 Å². The van der Waals surface area contributed by atoms with E-state index in [9.17, 15) is 4.79 Å². The van der Waals surface area contributed by atoms with Crippen molar-refractivity contribution in [3.63, 3.8) is 0 Å². The van der Waals surface area contributed by atoms with Gasteiger partial charge in [0.1, 0.15) is 4.83 Å². The molecule has 0 N–H and O–H groups in total. The molecule has 3 aromatic rings. The van der Waals surface area contributed by atoms with Crippen LogP contribution in [-0.4, -0.2) is 15.3 Å². The first-order valence-corrected chi connectivity index (χ1v) is 11.3. The fourth-order valence-corrected chi connectivity index (χ4v) is 5.91. The molecule has 0 aliphatic heterocycles. The molecular formula is C22H24N2OS2. The summed E-state index contributed by atoms with van der Waals surface area (Å²) in [5, 5.41) is 1.69. The average molecular weight is 397 g/mol. The Hall–Kier alpha value is -1.85. The molecule has 140 valence electrons. The van der Waals surface area contributed by atoms with Crippen LogP contribution in [0.2, 0.25) is 0 Å². The van der Waals surface area contributed by atoms with Crippen molar-refractivity contribution >= 4 is 33.3 Å². The van der Waals surface area contributed by atoms with E-state index in [2.05, 4.69) is 25.6 Å². The van der Waals surface area contributed by atoms with Gasteiger partial charge in [0, 0.05) is 17.2 Å². The highest BCUT2D eigenvalue weighted by molar-refractivity contribution is 7.99. The van der Waals surface area contributed by atoms with Crippen LogP contribution in [0.3, 0.4) is 0 Å².